The van der Waals surface area contributed by atoms with Crippen molar-refractivity contribution in [3.8, 4) is 0 Å². The first-order valence-corrected chi connectivity index (χ1v) is 6.13. The van der Waals surface area contributed by atoms with E-state index in [0.29, 0.717) is 11.4 Å². The van der Waals surface area contributed by atoms with Crippen molar-refractivity contribution in [1.29, 1.82) is 0 Å². The minimum atomic E-state index is -0.534. The number of hydrogen-bond acceptors (Lipinski definition) is 3. The van der Waals surface area contributed by atoms with Crippen LogP contribution >= 0.6 is 12.6 Å². The number of benzene rings is 1. The van der Waals surface area contributed by atoms with Gasteiger partial charge >= 0.3 is 0 Å². The molecule has 3 nitrogen and oxygen atoms in total. The number of amides is 1. The molecule has 1 aromatic rings. The van der Waals surface area contributed by atoms with Crippen LogP contribution in [-0.4, -0.2) is 37.0 Å². The highest BCUT2D eigenvalue weighted by Gasteiger charge is 2.22. The van der Waals surface area contributed by atoms with Gasteiger partial charge in [-0.05, 0) is 46.1 Å². The van der Waals surface area contributed by atoms with Gasteiger partial charge in [0.05, 0.1) is 5.56 Å². The Hall–Kier alpha value is -1.07. The third kappa shape index (κ3) is 3.71. The van der Waals surface area contributed by atoms with Crippen LogP contribution < -0.4 is 5.32 Å². The summed E-state index contributed by atoms with van der Waals surface area (Å²) in [6.45, 7) is 4.44. The van der Waals surface area contributed by atoms with Gasteiger partial charge in [0.2, 0.25) is 0 Å². The van der Waals surface area contributed by atoms with Crippen LogP contribution in [0.3, 0.4) is 0 Å². The summed E-state index contributed by atoms with van der Waals surface area (Å²) in [6, 6.07) is 4.18. The maximum Gasteiger partial charge on any atom is 0.254 e. The number of halogens is 1. The molecule has 100 valence electrons. The van der Waals surface area contributed by atoms with E-state index in [1.54, 1.807) is 0 Å². The van der Waals surface area contributed by atoms with E-state index in [1.165, 1.54) is 18.2 Å². The molecule has 1 aromatic carbocycles. The Balaban J connectivity index is 2.75. The van der Waals surface area contributed by atoms with Gasteiger partial charge in [-0.1, -0.05) is 0 Å². The van der Waals surface area contributed by atoms with E-state index in [0.717, 1.165) is 0 Å². The number of carbonyl (C=O) groups excluding carboxylic acids is 1. The molecule has 0 aliphatic carbocycles. The number of hydrogen-bond donors (Lipinski definition) is 2. The molecule has 5 heteroatoms. The molecular formula is C13H19FN2OS. The number of nitrogens with zero attached hydrogens (tertiary/aromatic N) is 1. The predicted octanol–water partition coefficient (Wildman–Crippen LogP) is 2.18. The topological polar surface area (TPSA) is 32.3 Å². The van der Waals surface area contributed by atoms with Crippen LogP contribution in [0, 0.1) is 5.82 Å². The first-order valence-electron chi connectivity index (χ1n) is 5.68. The fraction of sp³-hybridized carbons (Fsp3) is 0.462. The lowest BCUT2D eigenvalue weighted by Gasteiger charge is -2.32. The standard InChI is InChI=1S/C13H19FN2OS/c1-13(2,16(3)4)8-15-12(17)10-7-9(18)5-6-11(10)14/h5-7,18H,8H2,1-4H3,(H,15,17). The maximum atomic E-state index is 13.5. The van der Waals surface area contributed by atoms with Crippen LogP contribution in [0.1, 0.15) is 24.2 Å². The third-order valence-corrected chi connectivity index (χ3v) is 3.36. The van der Waals surface area contributed by atoms with Crippen LogP contribution in [0.2, 0.25) is 0 Å². The van der Waals surface area contributed by atoms with Gasteiger partial charge in [-0.15, -0.1) is 12.6 Å². The van der Waals surface area contributed by atoms with Gasteiger partial charge < -0.3 is 10.2 Å². The van der Waals surface area contributed by atoms with E-state index in [4.69, 9.17) is 0 Å². The summed E-state index contributed by atoms with van der Waals surface area (Å²) in [5.41, 5.74) is -0.165. The first-order chi connectivity index (χ1) is 8.24. The number of thiol groups is 1. The average molecular weight is 270 g/mol. The highest BCUT2D eigenvalue weighted by molar-refractivity contribution is 7.80. The van der Waals surface area contributed by atoms with E-state index in [9.17, 15) is 9.18 Å². The molecule has 0 spiro atoms. The second-order valence-electron chi connectivity index (χ2n) is 5.05. The normalized spacial score (nSPS) is 11.7. The monoisotopic (exact) mass is 270 g/mol. The van der Waals surface area contributed by atoms with Gasteiger partial charge in [0.25, 0.3) is 5.91 Å². The largest absolute Gasteiger partial charge is 0.350 e. The molecule has 1 amide bonds. The van der Waals surface area contributed by atoms with Crippen LogP contribution in [0.25, 0.3) is 0 Å². The van der Waals surface area contributed by atoms with Gasteiger partial charge in [-0.25, -0.2) is 4.39 Å². The lowest BCUT2D eigenvalue weighted by atomic mass is 10.0. The summed E-state index contributed by atoms with van der Waals surface area (Å²) < 4.78 is 13.5. The lowest BCUT2D eigenvalue weighted by molar-refractivity contribution is 0.0915. The minimum Gasteiger partial charge on any atom is -0.350 e. The molecule has 0 unspecified atom stereocenters. The molecule has 0 aliphatic rings. The molecule has 18 heavy (non-hydrogen) atoms. The van der Waals surface area contributed by atoms with Crippen molar-refractivity contribution in [2.75, 3.05) is 20.6 Å². The highest BCUT2D eigenvalue weighted by Crippen LogP contribution is 2.14. The zero-order valence-corrected chi connectivity index (χ0v) is 12.0. The zero-order chi connectivity index (χ0) is 13.9. The summed E-state index contributed by atoms with van der Waals surface area (Å²) in [6.07, 6.45) is 0. The van der Waals surface area contributed by atoms with Gasteiger partial charge in [-0.2, -0.15) is 0 Å². The zero-order valence-electron chi connectivity index (χ0n) is 11.1. The van der Waals surface area contributed by atoms with Gasteiger partial charge in [0.15, 0.2) is 0 Å². The van der Waals surface area contributed by atoms with Crippen LogP contribution in [0.5, 0.6) is 0 Å². The van der Waals surface area contributed by atoms with E-state index < -0.39 is 11.7 Å². The van der Waals surface area contributed by atoms with Crippen molar-refractivity contribution in [2.24, 2.45) is 0 Å². The summed E-state index contributed by atoms with van der Waals surface area (Å²) in [5, 5.41) is 2.73. The number of nitrogens with one attached hydrogen (secondary N) is 1. The van der Waals surface area contributed by atoms with E-state index in [-0.39, 0.29) is 11.1 Å². The van der Waals surface area contributed by atoms with Crippen molar-refractivity contribution >= 4 is 18.5 Å². The third-order valence-electron chi connectivity index (χ3n) is 3.09. The SMILES string of the molecule is CN(C)C(C)(C)CNC(=O)c1cc(S)ccc1F. The van der Waals surface area contributed by atoms with Crippen molar-refractivity contribution < 1.29 is 9.18 Å². The Morgan fingerprint density at radius 1 is 1.44 bits per heavy atom. The van der Waals surface area contributed by atoms with Crippen molar-refractivity contribution in [1.82, 2.24) is 10.2 Å². The Bertz CT molecular complexity index is 447. The van der Waals surface area contributed by atoms with Crippen molar-refractivity contribution in [3.05, 3.63) is 29.6 Å². The Morgan fingerprint density at radius 3 is 2.61 bits per heavy atom. The second-order valence-corrected chi connectivity index (χ2v) is 5.57. The van der Waals surface area contributed by atoms with Crippen LogP contribution in [-0.2, 0) is 0 Å². The summed E-state index contributed by atoms with van der Waals surface area (Å²) in [4.78, 5) is 14.4. The molecule has 0 aromatic heterocycles. The second kappa shape index (κ2) is 5.71. The summed E-state index contributed by atoms with van der Waals surface area (Å²) in [5.74, 6) is -0.953. The van der Waals surface area contributed by atoms with E-state index in [1.807, 2.05) is 32.8 Å². The molecule has 0 radical (unpaired) electrons. The number of rotatable bonds is 4. The smallest absolute Gasteiger partial charge is 0.254 e. The molecule has 0 saturated heterocycles. The molecule has 1 rings (SSSR count). The molecule has 0 saturated carbocycles. The lowest BCUT2D eigenvalue weighted by Crippen LogP contribution is -2.48. The molecular weight excluding hydrogens is 251 g/mol. The average Bonchev–Trinajstić information content (AvgIpc) is 2.29. The molecule has 0 bridgehead atoms. The molecule has 0 aliphatic heterocycles. The maximum absolute atomic E-state index is 13.5. The first kappa shape index (κ1) is 15.0. The minimum absolute atomic E-state index is 0.0251. The van der Waals surface area contributed by atoms with Crippen LogP contribution in [0.4, 0.5) is 4.39 Å². The molecule has 0 heterocycles. The number of carbonyl (C=O) groups is 1. The van der Waals surface area contributed by atoms with Crippen LogP contribution in [0.15, 0.2) is 23.1 Å². The highest BCUT2D eigenvalue weighted by atomic mass is 32.1. The van der Waals surface area contributed by atoms with Gasteiger partial charge in [-0.3, -0.25) is 4.79 Å². The fourth-order valence-electron chi connectivity index (χ4n) is 1.24. The van der Waals surface area contributed by atoms with Gasteiger partial charge in [0.1, 0.15) is 5.82 Å². The number of likely N-dealkylation sites (N-methyl/N-ethyl adjacent to an activating group) is 1. The van der Waals surface area contributed by atoms with Crippen molar-refractivity contribution in [2.45, 2.75) is 24.3 Å². The fourth-order valence-corrected chi connectivity index (χ4v) is 1.44. The predicted molar refractivity (Wildman–Crippen MR) is 73.8 cm³/mol. The Labute approximate surface area is 113 Å². The van der Waals surface area contributed by atoms with E-state index in [2.05, 4.69) is 17.9 Å². The van der Waals surface area contributed by atoms with E-state index >= 15 is 0 Å². The van der Waals surface area contributed by atoms with Crippen molar-refractivity contribution in [3.63, 3.8) is 0 Å². The summed E-state index contributed by atoms with van der Waals surface area (Å²) in [7, 11) is 3.86. The van der Waals surface area contributed by atoms with Gasteiger partial charge in [0, 0.05) is 17.0 Å². The molecule has 0 fully saturated rings. The molecule has 0 atom stereocenters. The quantitative estimate of drug-likeness (QED) is 0.822. The Morgan fingerprint density at radius 2 is 2.06 bits per heavy atom. The molecule has 1 N–H and O–H groups in total. The Kier molecular flexibility index (Phi) is 4.76. The summed E-state index contributed by atoms with van der Waals surface area (Å²) >= 11 is 4.10.